The SMILES string of the molecule is CC(C)(C)c1ccc(C(=O)c2cccs2)cc1. The summed E-state index contributed by atoms with van der Waals surface area (Å²) in [5, 5.41) is 1.93. The third-order valence-electron chi connectivity index (χ3n) is 2.76. The molecule has 2 heteroatoms. The van der Waals surface area contributed by atoms with Gasteiger partial charge in [0.2, 0.25) is 5.78 Å². The first kappa shape index (κ1) is 12.1. The van der Waals surface area contributed by atoms with Gasteiger partial charge in [-0.05, 0) is 22.4 Å². The largest absolute Gasteiger partial charge is 0.288 e. The molecule has 0 aliphatic rings. The van der Waals surface area contributed by atoms with Crippen LogP contribution in [0.25, 0.3) is 0 Å². The van der Waals surface area contributed by atoms with Gasteiger partial charge in [-0.3, -0.25) is 4.79 Å². The molecule has 0 aliphatic carbocycles. The van der Waals surface area contributed by atoms with E-state index in [-0.39, 0.29) is 11.2 Å². The Morgan fingerprint density at radius 2 is 1.71 bits per heavy atom. The Kier molecular flexibility index (Phi) is 3.16. The maximum atomic E-state index is 12.1. The van der Waals surface area contributed by atoms with Gasteiger partial charge in [-0.15, -0.1) is 11.3 Å². The van der Waals surface area contributed by atoms with E-state index in [2.05, 4.69) is 20.8 Å². The van der Waals surface area contributed by atoms with Gasteiger partial charge in [-0.1, -0.05) is 51.1 Å². The molecule has 0 bridgehead atoms. The average Bonchev–Trinajstić information content (AvgIpc) is 2.80. The number of carbonyl (C=O) groups excluding carboxylic acids is 1. The lowest BCUT2D eigenvalue weighted by molar-refractivity contribution is 0.104. The van der Waals surface area contributed by atoms with E-state index in [0.29, 0.717) is 0 Å². The fraction of sp³-hybridized carbons (Fsp3) is 0.267. The number of carbonyl (C=O) groups is 1. The normalized spacial score (nSPS) is 11.5. The van der Waals surface area contributed by atoms with Gasteiger partial charge in [-0.2, -0.15) is 0 Å². The highest BCUT2D eigenvalue weighted by Crippen LogP contribution is 2.23. The Labute approximate surface area is 106 Å². The van der Waals surface area contributed by atoms with Gasteiger partial charge in [0.05, 0.1) is 4.88 Å². The molecular weight excluding hydrogens is 228 g/mol. The topological polar surface area (TPSA) is 17.1 Å². The number of ketones is 1. The van der Waals surface area contributed by atoms with Crippen LogP contribution in [0.5, 0.6) is 0 Å². The molecule has 0 saturated carbocycles. The third-order valence-corrected chi connectivity index (χ3v) is 3.63. The van der Waals surface area contributed by atoms with Crippen LogP contribution in [0.4, 0.5) is 0 Å². The van der Waals surface area contributed by atoms with E-state index in [1.54, 1.807) is 0 Å². The molecule has 0 aliphatic heterocycles. The van der Waals surface area contributed by atoms with Gasteiger partial charge in [0.25, 0.3) is 0 Å². The minimum atomic E-state index is 0.112. The van der Waals surface area contributed by atoms with Crippen LogP contribution in [-0.2, 0) is 5.41 Å². The van der Waals surface area contributed by atoms with Crippen molar-refractivity contribution >= 4 is 17.1 Å². The Bertz CT molecular complexity index is 501. The van der Waals surface area contributed by atoms with Crippen LogP contribution in [0.3, 0.4) is 0 Å². The van der Waals surface area contributed by atoms with Crippen LogP contribution in [0, 0.1) is 0 Å². The second-order valence-electron chi connectivity index (χ2n) is 5.13. The minimum Gasteiger partial charge on any atom is -0.288 e. The number of benzene rings is 1. The van der Waals surface area contributed by atoms with Crippen LogP contribution >= 0.6 is 11.3 Å². The summed E-state index contributed by atoms with van der Waals surface area (Å²) in [6.07, 6.45) is 0. The molecule has 0 amide bonds. The molecule has 88 valence electrons. The lowest BCUT2D eigenvalue weighted by Crippen LogP contribution is -2.11. The molecule has 1 heterocycles. The van der Waals surface area contributed by atoms with E-state index >= 15 is 0 Å². The fourth-order valence-electron chi connectivity index (χ4n) is 1.67. The van der Waals surface area contributed by atoms with Gasteiger partial charge < -0.3 is 0 Å². The number of rotatable bonds is 2. The van der Waals surface area contributed by atoms with Crippen molar-refractivity contribution in [1.29, 1.82) is 0 Å². The van der Waals surface area contributed by atoms with Gasteiger partial charge >= 0.3 is 0 Å². The standard InChI is InChI=1S/C15H16OS/c1-15(2,3)12-8-6-11(7-9-12)14(16)13-5-4-10-17-13/h4-10H,1-3H3. The molecule has 2 rings (SSSR count). The molecule has 0 spiro atoms. The van der Waals surface area contributed by atoms with E-state index in [1.165, 1.54) is 16.9 Å². The molecule has 1 nitrogen and oxygen atoms in total. The Morgan fingerprint density at radius 1 is 1.06 bits per heavy atom. The first-order valence-corrected chi connectivity index (χ1v) is 6.55. The van der Waals surface area contributed by atoms with E-state index in [9.17, 15) is 4.79 Å². The average molecular weight is 244 g/mol. The molecule has 0 unspecified atom stereocenters. The minimum absolute atomic E-state index is 0.112. The predicted molar refractivity (Wildman–Crippen MR) is 72.9 cm³/mol. The Hall–Kier alpha value is -1.41. The van der Waals surface area contributed by atoms with Crippen LogP contribution in [0.15, 0.2) is 41.8 Å². The van der Waals surface area contributed by atoms with Crippen molar-refractivity contribution < 1.29 is 4.79 Å². The summed E-state index contributed by atoms with van der Waals surface area (Å²) in [5.41, 5.74) is 2.14. The van der Waals surface area contributed by atoms with Crippen molar-refractivity contribution in [3.63, 3.8) is 0 Å². The first-order valence-electron chi connectivity index (χ1n) is 5.67. The molecule has 0 saturated heterocycles. The molecule has 17 heavy (non-hydrogen) atoms. The Balaban J connectivity index is 2.28. The second kappa shape index (κ2) is 4.46. The summed E-state index contributed by atoms with van der Waals surface area (Å²) >= 11 is 1.49. The Morgan fingerprint density at radius 3 is 2.18 bits per heavy atom. The second-order valence-corrected chi connectivity index (χ2v) is 6.08. The number of hydrogen-bond donors (Lipinski definition) is 0. The van der Waals surface area contributed by atoms with Gasteiger partial charge in [0, 0.05) is 5.56 Å². The highest BCUT2D eigenvalue weighted by molar-refractivity contribution is 7.12. The van der Waals surface area contributed by atoms with Crippen molar-refractivity contribution in [3.8, 4) is 0 Å². The van der Waals surface area contributed by atoms with Crippen molar-refractivity contribution in [2.75, 3.05) is 0 Å². The lowest BCUT2D eigenvalue weighted by Gasteiger charge is -2.18. The molecule has 1 aromatic carbocycles. The summed E-state index contributed by atoms with van der Waals surface area (Å²) in [6.45, 7) is 6.51. The monoisotopic (exact) mass is 244 g/mol. The van der Waals surface area contributed by atoms with Crippen LogP contribution in [-0.4, -0.2) is 5.78 Å². The lowest BCUT2D eigenvalue weighted by atomic mass is 9.86. The van der Waals surface area contributed by atoms with Crippen LogP contribution in [0.2, 0.25) is 0 Å². The number of thiophene rings is 1. The molecule has 2 aromatic rings. The zero-order valence-electron chi connectivity index (χ0n) is 10.4. The summed E-state index contributed by atoms with van der Waals surface area (Å²) < 4.78 is 0. The molecule has 0 N–H and O–H groups in total. The molecular formula is C15H16OS. The molecule has 0 atom stereocenters. The van der Waals surface area contributed by atoms with Crippen molar-refractivity contribution in [2.24, 2.45) is 0 Å². The predicted octanol–water partition coefficient (Wildman–Crippen LogP) is 4.28. The smallest absolute Gasteiger partial charge is 0.202 e. The van der Waals surface area contributed by atoms with Crippen molar-refractivity contribution in [1.82, 2.24) is 0 Å². The zero-order chi connectivity index (χ0) is 12.5. The fourth-order valence-corrected chi connectivity index (χ4v) is 2.36. The number of hydrogen-bond acceptors (Lipinski definition) is 2. The highest BCUT2D eigenvalue weighted by atomic mass is 32.1. The van der Waals surface area contributed by atoms with E-state index in [4.69, 9.17) is 0 Å². The van der Waals surface area contributed by atoms with Crippen molar-refractivity contribution in [3.05, 3.63) is 57.8 Å². The highest BCUT2D eigenvalue weighted by Gasteiger charge is 2.15. The van der Waals surface area contributed by atoms with E-state index in [0.717, 1.165) is 10.4 Å². The first-order chi connectivity index (χ1) is 7.98. The summed E-state index contributed by atoms with van der Waals surface area (Å²) in [5.74, 6) is 0.112. The summed E-state index contributed by atoms with van der Waals surface area (Å²) in [7, 11) is 0. The quantitative estimate of drug-likeness (QED) is 0.721. The molecule has 0 radical (unpaired) electrons. The van der Waals surface area contributed by atoms with Gasteiger partial charge in [-0.25, -0.2) is 0 Å². The summed E-state index contributed by atoms with van der Waals surface area (Å²) in [6, 6.07) is 11.7. The molecule has 1 aromatic heterocycles. The zero-order valence-corrected chi connectivity index (χ0v) is 11.2. The maximum Gasteiger partial charge on any atom is 0.202 e. The summed E-state index contributed by atoms with van der Waals surface area (Å²) in [4.78, 5) is 12.9. The maximum absolute atomic E-state index is 12.1. The van der Waals surface area contributed by atoms with Gasteiger partial charge in [0.15, 0.2) is 0 Å². The van der Waals surface area contributed by atoms with E-state index in [1.807, 2.05) is 41.8 Å². The molecule has 0 fully saturated rings. The van der Waals surface area contributed by atoms with Crippen LogP contribution < -0.4 is 0 Å². The van der Waals surface area contributed by atoms with Crippen molar-refractivity contribution in [2.45, 2.75) is 26.2 Å². The van der Waals surface area contributed by atoms with E-state index < -0.39 is 0 Å². The third kappa shape index (κ3) is 2.64. The van der Waals surface area contributed by atoms with Crippen LogP contribution in [0.1, 0.15) is 41.6 Å². The van der Waals surface area contributed by atoms with Gasteiger partial charge in [0.1, 0.15) is 0 Å².